The first kappa shape index (κ1) is 14.8. The summed E-state index contributed by atoms with van der Waals surface area (Å²) in [5, 5.41) is 0. The first-order valence-corrected chi connectivity index (χ1v) is 7.40. The highest BCUT2D eigenvalue weighted by Crippen LogP contribution is 2.27. The van der Waals surface area contributed by atoms with Crippen molar-refractivity contribution in [2.75, 3.05) is 25.6 Å². The molecule has 0 unspecified atom stereocenters. The van der Waals surface area contributed by atoms with Crippen LogP contribution in [0.4, 0.5) is 5.69 Å². The van der Waals surface area contributed by atoms with Crippen LogP contribution in [0.25, 0.3) is 0 Å². The third-order valence-electron chi connectivity index (χ3n) is 2.13. The Bertz CT molecular complexity index is 543. The number of carbonyl (C=O) groups excluding carboxylic acids is 1. The average molecular weight is 290 g/mol. The van der Waals surface area contributed by atoms with Crippen molar-refractivity contribution in [2.24, 2.45) is 0 Å². The third-order valence-corrected chi connectivity index (χ3v) is 4.61. The van der Waals surface area contributed by atoms with Crippen LogP contribution in [0.2, 0.25) is 0 Å². The molecule has 0 aliphatic rings. The summed E-state index contributed by atoms with van der Waals surface area (Å²) in [7, 11) is -0.879. The number of carbonyl (C=O) groups is 1. The van der Waals surface area contributed by atoms with Crippen LogP contribution in [0.1, 0.15) is 0 Å². The predicted molar refractivity (Wildman–Crippen MR) is 69.8 cm³/mol. The number of benzene rings is 1. The van der Waals surface area contributed by atoms with Gasteiger partial charge in [-0.05, 0) is 25.2 Å². The Hall–Kier alpha value is -1.25. The fourth-order valence-electron chi connectivity index (χ4n) is 1.14. The summed E-state index contributed by atoms with van der Waals surface area (Å²) in [6, 6.07) is 4.35. The van der Waals surface area contributed by atoms with E-state index in [0.29, 0.717) is 10.6 Å². The molecule has 6 nitrogen and oxygen atoms in total. The smallest absolute Gasteiger partial charge is 0.315 e. The van der Waals surface area contributed by atoms with Crippen molar-refractivity contribution in [1.29, 1.82) is 0 Å². The van der Waals surface area contributed by atoms with Gasteiger partial charge in [0.15, 0.2) is 0 Å². The highest BCUT2D eigenvalue weighted by atomic mass is 32.2. The van der Waals surface area contributed by atoms with E-state index in [4.69, 9.17) is 5.73 Å². The SMILES string of the molecule is CNS(=O)(=O)c1ccc(SCC(=O)OC)c(N)c1. The van der Waals surface area contributed by atoms with Crippen LogP contribution in [-0.4, -0.2) is 34.3 Å². The number of hydrogen-bond donors (Lipinski definition) is 2. The van der Waals surface area contributed by atoms with Crippen molar-refractivity contribution in [3.8, 4) is 0 Å². The topological polar surface area (TPSA) is 98.5 Å². The number of thioether (sulfide) groups is 1. The molecule has 0 atom stereocenters. The average Bonchev–Trinajstić information content (AvgIpc) is 2.36. The van der Waals surface area contributed by atoms with Crippen LogP contribution in [0.3, 0.4) is 0 Å². The molecule has 0 spiro atoms. The number of esters is 1. The summed E-state index contributed by atoms with van der Waals surface area (Å²) < 4.78 is 29.8. The monoisotopic (exact) mass is 290 g/mol. The van der Waals surface area contributed by atoms with Crippen LogP contribution < -0.4 is 10.5 Å². The van der Waals surface area contributed by atoms with E-state index in [1.54, 1.807) is 6.07 Å². The molecule has 0 aromatic heterocycles. The minimum Gasteiger partial charge on any atom is -0.468 e. The number of methoxy groups -OCH3 is 1. The molecule has 0 heterocycles. The van der Waals surface area contributed by atoms with Crippen LogP contribution in [0.5, 0.6) is 0 Å². The van der Waals surface area contributed by atoms with E-state index in [1.807, 2.05) is 0 Å². The van der Waals surface area contributed by atoms with Gasteiger partial charge >= 0.3 is 5.97 Å². The first-order valence-electron chi connectivity index (χ1n) is 4.93. The van der Waals surface area contributed by atoms with E-state index in [1.165, 1.54) is 38.1 Å². The lowest BCUT2D eigenvalue weighted by Crippen LogP contribution is -2.18. The molecule has 0 aliphatic heterocycles. The molecule has 0 radical (unpaired) electrons. The maximum absolute atomic E-state index is 11.5. The fourth-order valence-corrected chi connectivity index (χ4v) is 2.68. The summed E-state index contributed by atoms with van der Waals surface area (Å²) in [5.74, 6) is -0.245. The van der Waals surface area contributed by atoms with Crippen LogP contribution in [-0.2, 0) is 19.6 Å². The van der Waals surface area contributed by atoms with Gasteiger partial charge in [-0.15, -0.1) is 11.8 Å². The second-order valence-corrected chi connectivity index (χ2v) is 6.18. The van der Waals surface area contributed by atoms with E-state index >= 15 is 0 Å². The van der Waals surface area contributed by atoms with Gasteiger partial charge in [-0.3, -0.25) is 4.79 Å². The number of nitrogens with two attached hydrogens (primary N) is 1. The summed E-state index contributed by atoms with van der Waals surface area (Å²) in [4.78, 5) is 11.7. The zero-order valence-electron chi connectivity index (χ0n) is 9.97. The van der Waals surface area contributed by atoms with E-state index in [2.05, 4.69) is 9.46 Å². The molecule has 0 saturated heterocycles. The summed E-state index contributed by atoms with van der Waals surface area (Å²) in [5.41, 5.74) is 6.04. The van der Waals surface area contributed by atoms with Gasteiger partial charge in [0, 0.05) is 10.6 Å². The van der Waals surface area contributed by atoms with E-state index in [9.17, 15) is 13.2 Å². The lowest BCUT2D eigenvalue weighted by molar-refractivity contribution is -0.137. The minimum absolute atomic E-state index is 0.0879. The van der Waals surface area contributed by atoms with Gasteiger partial charge < -0.3 is 10.5 Å². The van der Waals surface area contributed by atoms with Crippen LogP contribution in [0, 0.1) is 0 Å². The molecule has 0 bridgehead atoms. The Morgan fingerprint density at radius 2 is 2.17 bits per heavy atom. The molecule has 1 aromatic rings. The Labute approximate surface area is 110 Å². The zero-order chi connectivity index (χ0) is 13.8. The van der Waals surface area contributed by atoms with Crippen molar-refractivity contribution in [1.82, 2.24) is 4.72 Å². The van der Waals surface area contributed by atoms with E-state index < -0.39 is 10.0 Å². The van der Waals surface area contributed by atoms with Gasteiger partial charge in [-0.1, -0.05) is 0 Å². The number of anilines is 1. The number of rotatable bonds is 5. The van der Waals surface area contributed by atoms with E-state index in [0.717, 1.165) is 0 Å². The number of sulfonamides is 1. The van der Waals surface area contributed by atoms with Crippen molar-refractivity contribution in [3.63, 3.8) is 0 Å². The molecule has 100 valence electrons. The van der Waals surface area contributed by atoms with Gasteiger partial charge in [0.25, 0.3) is 0 Å². The quantitative estimate of drug-likeness (QED) is 0.464. The normalized spacial score (nSPS) is 11.2. The zero-order valence-corrected chi connectivity index (χ0v) is 11.6. The number of nitrogen functional groups attached to an aromatic ring is 1. The van der Waals surface area contributed by atoms with Crippen molar-refractivity contribution in [3.05, 3.63) is 18.2 Å². The lowest BCUT2D eigenvalue weighted by atomic mass is 10.3. The number of hydrogen-bond acceptors (Lipinski definition) is 6. The van der Waals surface area contributed by atoms with Crippen molar-refractivity contribution in [2.45, 2.75) is 9.79 Å². The predicted octanol–water partition coefficient (Wildman–Crippen LogP) is 0.442. The van der Waals surface area contributed by atoms with Gasteiger partial charge in [-0.2, -0.15) is 0 Å². The maximum atomic E-state index is 11.5. The van der Waals surface area contributed by atoms with Gasteiger partial charge in [0.2, 0.25) is 10.0 Å². The van der Waals surface area contributed by atoms with Crippen molar-refractivity contribution >= 4 is 33.4 Å². The van der Waals surface area contributed by atoms with Crippen molar-refractivity contribution < 1.29 is 17.9 Å². The van der Waals surface area contributed by atoms with E-state index in [-0.39, 0.29) is 16.6 Å². The second kappa shape index (κ2) is 6.07. The number of ether oxygens (including phenoxy) is 1. The fraction of sp³-hybridized carbons (Fsp3) is 0.300. The summed E-state index contributed by atoms with van der Waals surface area (Å²) in [6.45, 7) is 0. The maximum Gasteiger partial charge on any atom is 0.315 e. The molecular weight excluding hydrogens is 276 g/mol. The van der Waals surface area contributed by atoms with Gasteiger partial charge in [-0.25, -0.2) is 13.1 Å². The molecule has 0 aliphatic carbocycles. The Kier molecular flexibility index (Phi) is 5.00. The molecule has 3 N–H and O–H groups in total. The summed E-state index contributed by atoms with van der Waals surface area (Å²) >= 11 is 1.19. The highest BCUT2D eigenvalue weighted by molar-refractivity contribution is 8.00. The third kappa shape index (κ3) is 3.62. The molecule has 0 fully saturated rings. The highest BCUT2D eigenvalue weighted by Gasteiger charge is 2.13. The Morgan fingerprint density at radius 3 is 2.67 bits per heavy atom. The minimum atomic E-state index is -3.50. The molecule has 0 saturated carbocycles. The largest absolute Gasteiger partial charge is 0.468 e. The first-order chi connectivity index (χ1) is 8.40. The standard InChI is InChI=1S/C10H14N2O4S2/c1-12-18(14,15)7-3-4-9(8(11)5-7)17-6-10(13)16-2/h3-5,12H,6,11H2,1-2H3. The van der Waals surface area contributed by atoms with Crippen LogP contribution >= 0.6 is 11.8 Å². The van der Waals surface area contributed by atoms with Crippen LogP contribution in [0.15, 0.2) is 28.0 Å². The molecule has 8 heteroatoms. The molecular formula is C10H14N2O4S2. The van der Waals surface area contributed by atoms with Gasteiger partial charge in [0.05, 0.1) is 17.8 Å². The molecule has 1 rings (SSSR count). The second-order valence-electron chi connectivity index (χ2n) is 3.27. The molecule has 1 aromatic carbocycles. The molecule has 18 heavy (non-hydrogen) atoms. The Morgan fingerprint density at radius 1 is 1.50 bits per heavy atom. The lowest BCUT2D eigenvalue weighted by Gasteiger charge is -2.07. The Balaban J connectivity index is 2.90. The summed E-state index contributed by atoms with van der Waals surface area (Å²) in [6.07, 6.45) is 0. The molecule has 0 amide bonds. The van der Waals surface area contributed by atoms with Gasteiger partial charge in [0.1, 0.15) is 0 Å². The number of nitrogens with one attached hydrogen (secondary N) is 1.